The SMILES string of the molecule is O=C(NCCNc1ccc([N+](=O)[O-])cc1)NCc1nnc2n1CCCCC2. The first-order valence-corrected chi connectivity index (χ1v) is 9.04. The van der Waals surface area contributed by atoms with Crippen LogP contribution in [0.1, 0.15) is 30.9 Å². The number of nitro benzene ring substituents is 1. The summed E-state index contributed by atoms with van der Waals surface area (Å²) in [6.45, 7) is 2.17. The van der Waals surface area contributed by atoms with Gasteiger partial charge in [-0.2, -0.15) is 0 Å². The zero-order chi connectivity index (χ0) is 19.1. The van der Waals surface area contributed by atoms with E-state index in [4.69, 9.17) is 0 Å². The van der Waals surface area contributed by atoms with Crippen LogP contribution in [0.2, 0.25) is 0 Å². The van der Waals surface area contributed by atoms with Crippen LogP contribution in [-0.4, -0.2) is 38.8 Å². The van der Waals surface area contributed by atoms with Crippen molar-refractivity contribution in [3.63, 3.8) is 0 Å². The van der Waals surface area contributed by atoms with Gasteiger partial charge in [0, 0.05) is 43.9 Å². The van der Waals surface area contributed by atoms with E-state index in [1.165, 1.54) is 18.6 Å². The Morgan fingerprint density at radius 3 is 2.70 bits per heavy atom. The number of hydrogen-bond acceptors (Lipinski definition) is 6. The molecule has 0 spiro atoms. The number of rotatable bonds is 7. The van der Waals surface area contributed by atoms with Crippen molar-refractivity contribution in [3.8, 4) is 0 Å². The number of urea groups is 1. The van der Waals surface area contributed by atoms with Gasteiger partial charge in [0.25, 0.3) is 5.69 Å². The van der Waals surface area contributed by atoms with Gasteiger partial charge in [-0.1, -0.05) is 6.42 Å². The molecule has 1 aromatic carbocycles. The fourth-order valence-corrected chi connectivity index (χ4v) is 2.98. The lowest BCUT2D eigenvalue weighted by molar-refractivity contribution is -0.384. The van der Waals surface area contributed by atoms with E-state index in [9.17, 15) is 14.9 Å². The lowest BCUT2D eigenvalue weighted by Gasteiger charge is -2.10. The second-order valence-electron chi connectivity index (χ2n) is 6.33. The van der Waals surface area contributed by atoms with Gasteiger partial charge in [-0.05, 0) is 25.0 Å². The Morgan fingerprint density at radius 1 is 1.11 bits per heavy atom. The fourth-order valence-electron chi connectivity index (χ4n) is 2.98. The minimum atomic E-state index is -0.441. The number of hydrogen-bond donors (Lipinski definition) is 3. The van der Waals surface area contributed by atoms with Gasteiger partial charge in [-0.25, -0.2) is 4.79 Å². The molecule has 10 heteroatoms. The van der Waals surface area contributed by atoms with Crippen LogP contribution in [0.25, 0.3) is 0 Å². The molecule has 0 saturated heterocycles. The smallest absolute Gasteiger partial charge is 0.315 e. The number of aryl methyl sites for hydroxylation is 1. The molecule has 10 nitrogen and oxygen atoms in total. The van der Waals surface area contributed by atoms with Crippen molar-refractivity contribution in [2.24, 2.45) is 0 Å². The van der Waals surface area contributed by atoms with Crippen molar-refractivity contribution in [3.05, 3.63) is 46.0 Å². The number of benzene rings is 1. The predicted octanol–water partition coefficient (Wildman–Crippen LogP) is 1.82. The number of nitrogens with one attached hydrogen (secondary N) is 3. The maximum Gasteiger partial charge on any atom is 0.315 e. The number of nitrogens with zero attached hydrogens (tertiary/aromatic N) is 4. The van der Waals surface area contributed by atoms with Crippen LogP contribution < -0.4 is 16.0 Å². The van der Waals surface area contributed by atoms with Crippen LogP contribution in [0, 0.1) is 10.1 Å². The zero-order valence-electron chi connectivity index (χ0n) is 15.0. The molecule has 1 aliphatic heterocycles. The van der Waals surface area contributed by atoms with E-state index in [1.54, 1.807) is 12.1 Å². The summed E-state index contributed by atoms with van der Waals surface area (Å²) in [7, 11) is 0. The van der Waals surface area contributed by atoms with Gasteiger partial charge in [-0.3, -0.25) is 10.1 Å². The van der Waals surface area contributed by atoms with E-state index in [0.717, 1.165) is 43.1 Å². The van der Waals surface area contributed by atoms with Crippen molar-refractivity contribution in [1.29, 1.82) is 0 Å². The summed E-state index contributed by atoms with van der Waals surface area (Å²) in [5, 5.41) is 27.6. The molecule has 1 aromatic heterocycles. The van der Waals surface area contributed by atoms with Gasteiger partial charge in [0.1, 0.15) is 5.82 Å². The quantitative estimate of drug-likeness (QED) is 0.386. The Kier molecular flexibility index (Phi) is 6.18. The highest BCUT2D eigenvalue weighted by atomic mass is 16.6. The minimum absolute atomic E-state index is 0.0458. The molecular formula is C17H23N7O3. The number of aromatic nitrogens is 3. The molecule has 0 bridgehead atoms. The normalized spacial score (nSPS) is 13.3. The Hall–Kier alpha value is -3.17. The van der Waals surface area contributed by atoms with Gasteiger partial charge in [0.2, 0.25) is 0 Å². The molecule has 2 heterocycles. The minimum Gasteiger partial charge on any atom is -0.383 e. The highest BCUT2D eigenvalue weighted by molar-refractivity contribution is 5.73. The molecular weight excluding hydrogens is 350 g/mol. The third kappa shape index (κ3) is 5.16. The molecule has 0 aliphatic carbocycles. The van der Waals surface area contributed by atoms with Crippen LogP contribution in [-0.2, 0) is 19.5 Å². The number of anilines is 1. The molecule has 0 unspecified atom stereocenters. The number of non-ortho nitro benzene ring substituents is 1. The summed E-state index contributed by atoms with van der Waals surface area (Å²) in [6.07, 6.45) is 4.37. The van der Waals surface area contributed by atoms with Crippen molar-refractivity contribution >= 4 is 17.4 Å². The summed E-state index contributed by atoms with van der Waals surface area (Å²) in [6, 6.07) is 5.87. The van der Waals surface area contributed by atoms with E-state index >= 15 is 0 Å². The maximum absolute atomic E-state index is 11.9. The summed E-state index contributed by atoms with van der Waals surface area (Å²) >= 11 is 0. The van der Waals surface area contributed by atoms with Crippen molar-refractivity contribution in [2.75, 3.05) is 18.4 Å². The monoisotopic (exact) mass is 373 g/mol. The molecule has 0 fully saturated rings. The molecule has 0 atom stereocenters. The van der Waals surface area contributed by atoms with Crippen LogP contribution in [0.5, 0.6) is 0 Å². The molecule has 3 rings (SSSR count). The van der Waals surface area contributed by atoms with Crippen LogP contribution in [0.3, 0.4) is 0 Å². The average Bonchev–Trinajstić information content (AvgIpc) is 2.90. The summed E-state index contributed by atoms with van der Waals surface area (Å²) in [5.74, 6) is 1.78. The Labute approximate surface area is 156 Å². The molecule has 2 aromatic rings. The summed E-state index contributed by atoms with van der Waals surface area (Å²) in [5.41, 5.74) is 0.804. The number of fused-ring (bicyclic) bond motifs is 1. The molecule has 1 aliphatic rings. The van der Waals surface area contributed by atoms with E-state index in [-0.39, 0.29) is 11.7 Å². The summed E-state index contributed by atoms with van der Waals surface area (Å²) in [4.78, 5) is 22.1. The third-order valence-corrected chi connectivity index (χ3v) is 4.41. The van der Waals surface area contributed by atoms with E-state index in [0.29, 0.717) is 19.6 Å². The largest absolute Gasteiger partial charge is 0.383 e. The third-order valence-electron chi connectivity index (χ3n) is 4.41. The van der Waals surface area contributed by atoms with Gasteiger partial charge >= 0.3 is 6.03 Å². The van der Waals surface area contributed by atoms with Crippen LogP contribution in [0.15, 0.2) is 24.3 Å². The topological polar surface area (TPSA) is 127 Å². The van der Waals surface area contributed by atoms with Crippen LogP contribution in [0.4, 0.5) is 16.2 Å². The molecule has 0 radical (unpaired) electrons. The second-order valence-corrected chi connectivity index (χ2v) is 6.33. The molecule has 27 heavy (non-hydrogen) atoms. The lowest BCUT2D eigenvalue weighted by Crippen LogP contribution is -2.38. The zero-order valence-corrected chi connectivity index (χ0v) is 15.0. The van der Waals surface area contributed by atoms with Crippen LogP contribution >= 0.6 is 0 Å². The number of nitro groups is 1. The van der Waals surface area contributed by atoms with Crippen molar-refractivity contribution in [1.82, 2.24) is 25.4 Å². The highest BCUT2D eigenvalue weighted by Gasteiger charge is 2.14. The van der Waals surface area contributed by atoms with Crippen molar-refractivity contribution < 1.29 is 9.72 Å². The standard InChI is InChI=1S/C17H23N7O3/c25-17(19-10-9-18-13-5-7-14(8-6-13)24(26)27)20-12-16-22-21-15-4-2-1-3-11-23(15)16/h5-8,18H,1-4,9-12H2,(H2,19,20,25). The Morgan fingerprint density at radius 2 is 1.93 bits per heavy atom. The molecule has 2 amide bonds. The lowest BCUT2D eigenvalue weighted by atomic mass is 10.2. The maximum atomic E-state index is 11.9. The fraction of sp³-hybridized carbons (Fsp3) is 0.471. The van der Waals surface area contributed by atoms with Gasteiger partial charge in [-0.15, -0.1) is 10.2 Å². The molecule has 0 saturated carbocycles. The van der Waals surface area contributed by atoms with E-state index in [1.807, 2.05) is 0 Å². The summed E-state index contributed by atoms with van der Waals surface area (Å²) < 4.78 is 2.10. The van der Waals surface area contributed by atoms with Gasteiger partial charge in [0.15, 0.2) is 5.82 Å². The Bertz CT molecular complexity index is 788. The van der Waals surface area contributed by atoms with E-state index < -0.39 is 4.92 Å². The number of carbonyl (C=O) groups excluding carboxylic acids is 1. The van der Waals surface area contributed by atoms with Gasteiger partial charge < -0.3 is 20.5 Å². The predicted molar refractivity (Wildman–Crippen MR) is 99.4 cm³/mol. The average molecular weight is 373 g/mol. The Balaban J connectivity index is 1.36. The number of amides is 2. The second kappa shape index (κ2) is 8.97. The van der Waals surface area contributed by atoms with E-state index in [2.05, 4.69) is 30.7 Å². The first-order valence-electron chi connectivity index (χ1n) is 9.04. The molecule has 3 N–H and O–H groups in total. The first kappa shape index (κ1) is 18.6. The molecule has 144 valence electrons. The van der Waals surface area contributed by atoms with Crippen molar-refractivity contribution in [2.45, 2.75) is 38.8 Å². The van der Waals surface area contributed by atoms with Gasteiger partial charge in [0.05, 0.1) is 11.5 Å². The highest BCUT2D eigenvalue weighted by Crippen LogP contribution is 2.15. The number of carbonyl (C=O) groups is 1. The first-order chi connectivity index (χ1) is 13.1.